The van der Waals surface area contributed by atoms with Gasteiger partial charge in [-0.15, -0.1) is 6.58 Å². The zero-order chi connectivity index (χ0) is 14.8. The molecular formula is C14H14F2N2O2. The molecule has 1 aliphatic rings. The average Bonchev–Trinajstić information content (AvgIpc) is 3.20. The van der Waals surface area contributed by atoms with E-state index in [9.17, 15) is 18.4 Å². The number of hydrogen-bond acceptors (Lipinski definition) is 2. The monoisotopic (exact) mass is 280 g/mol. The van der Waals surface area contributed by atoms with Crippen LogP contribution in [0.1, 0.15) is 12.8 Å². The molecule has 2 rings (SSSR count). The van der Waals surface area contributed by atoms with Crippen LogP contribution in [0.4, 0.5) is 14.5 Å². The third-order valence-electron chi connectivity index (χ3n) is 3.21. The Morgan fingerprint density at radius 2 is 2.00 bits per heavy atom. The molecule has 0 bridgehead atoms. The minimum Gasteiger partial charge on any atom is -0.352 e. The van der Waals surface area contributed by atoms with Crippen molar-refractivity contribution in [2.75, 3.05) is 11.9 Å². The molecule has 2 amide bonds. The van der Waals surface area contributed by atoms with Crippen LogP contribution in [0.15, 0.2) is 30.9 Å². The molecule has 20 heavy (non-hydrogen) atoms. The van der Waals surface area contributed by atoms with Crippen LogP contribution >= 0.6 is 0 Å². The van der Waals surface area contributed by atoms with Gasteiger partial charge >= 0.3 is 0 Å². The van der Waals surface area contributed by atoms with Crippen LogP contribution in [0.25, 0.3) is 0 Å². The summed E-state index contributed by atoms with van der Waals surface area (Å²) < 4.78 is 26.2. The molecule has 1 aliphatic carbocycles. The van der Waals surface area contributed by atoms with E-state index in [1.807, 2.05) is 0 Å². The van der Waals surface area contributed by atoms with Crippen molar-refractivity contribution in [1.82, 2.24) is 5.32 Å². The van der Waals surface area contributed by atoms with Gasteiger partial charge in [-0.05, 0) is 25.0 Å². The van der Waals surface area contributed by atoms with Gasteiger partial charge in [-0.3, -0.25) is 9.59 Å². The summed E-state index contributed by atoms with van der Waals surface area (Å²) in [6.45, 7) is 3.73. The van der Waals surface area contributed by atoms with Crippen molar-refractivity contribution < 1.29 is 18.4 Å². The fraction of sp³-hybridized carbons (Fsp3) is 0.286. The lowest BCUT2D eigenvalue weighted by atomic mass is 10.0. The smallest absolute Gasteiger partial charge is 0.240 e. The second-order valence-corrected chi connectivity index (χ2v) is 4.66. The number of nitrogens with one attached hydrogen (secondary N) is 2. The van der Waals surface area contributed by atoms with E-state index in [-0.39, 0.29) is 12.2 Å². The van der Waals surface area contributed by atoms with Crippen molar-refractivity contribution in [1.29, 1.82) is 0 Å². The van der Waals surface area contributed by atoms with Crippen LogP contribution in [0, 0.1) is 17.0 Å². The molecule has 0 atom stereocenters. The summed E-state index contributed by atoms with van der Waals surface area (Å²) in [5.41, 5.74) is -1.29. The molecule has 0 aromatic heterocycles. The Labute approximate surface area is 114 Å². The van der Waals surface area contributed by atoms with Crippen molar-refractivity contribution in [2.45, 2.75) is 12.8 Å². The van der Waals surface area contributed by atoms with Crippen molar-refractivity contribution in [3.8, 4) is 0 Å². The fourth-order valence-corrected chi connectivity index (χ4v) is 1.85. The lowest BCUT2D eigenvalue weighted by molar-refractivity contribution is -0.134. The molecule has 0 radical (unpaired) electrons. The maximum absolute atomic E-state index is 13.5. The van der Waals surface area contributed by atoms with Crippen molar-refractivity contribution in [2.24, 2.45) is 5.41 Å². The topological polar surface area (TPSA) is 58.2 Å². The van der Waals surface area contributed by atoms with Crippen LogP contribution in [0.2, 0.25) is 0 Å². The van der Waals surface area contributed by atoms with E-state index in [2.05, 4.69) is 17.2 Å². The van der Waals surface area contributed by atoms with Crippen LogP contribution < -0.4 is 10.6 Å². The first kappa shape index (κ1) is 14.2. The van der Waals surface area contributed by atoms with Gasteiger partial charge in [0.2, 0.25) is 11.8 Å². The predicted molar refractivity (Wildman–Crippen MR) is 69.9 cm³/mol. The van der Waals surface area contributed by atoms with E-state index in [4.69, 9.17) is 0 Å². The van der Waals surface area contributed by atoms with Crippen LogP contribution in [0.3, 0.4) is 0 Å². The molecular weight excluding hydrogens is 266 g/mol. The van der Waals surface area contributed by atoms with Gasteiger partial charge in [0, 0.05) is 12.6 Å². The minimum absolute atomic E-state index is 0.140. The van der Waals surface area contributed by atoms with Crippen molar-refractivity contribution in [3.05, 3.63) is 42.5 Å². The number of carbonyl (C=O) groups excluding carboxylic acids is 2. The minimum atomic E-state index is -1.15. The third-order valence-corrected chi connectivity index (χ3v) is 3.21. The van der Waals surface area contributed by atoms with Crippen molar-refractivity contribution >= 4 is 17.5 Å². The zero-order valence-corrected chi connectivity index (χ0v) is 10.7. The Morgan fingerprint density at radius 3 is 2.55 bits per heavy atom. The SMILES string of the molecule is C=CCNC(=O)C1(C(=O)Nc2ccc(F)cc2F)CC1. The summed E-state index contributed by atoms with van der Waals surface area (Å²) >= 11 is 0. The molecule has 0 heterocycles. The van der Waals surface area contributed by atoms with E-state index in [0.717, 1.165) is 12.1 Å². The predicted octanol–water partition coefficient (Wildman–Crippen LogP) is 1.99. The van der Waals surface area contributed by atoms with E-state index < -0.39 is 28.9 Å². The number of anilines is 1. The molecule has 106 valence electrons. The summed E-state index contributed by atoms with van der Waals surface area (Å²) in [6.07, 6.45) is 2.32. The Kier molecular flexibility index (Phi) is 3.83. The molecule has 0 aliphatic heterocycles. The Hall–Kier alpha value is -2.24. The highest BCUT2D eigenvalue weighted by atomic mass is 19.1. The Balaban J connectivity index is 2.08. The molecule has 1 saturated carbocycles. The number of benzene rings is 1. The molecule has 6 heteroatoms. The summed E-state index contributed by atoms with van der Waals surface area (Å²) in [6, 6.07) is 2.84. The summed E-state index contributed by atoms with van der Waals surface area (Å²) in [7, 11) is 0. The second kappa shape index (κ2) is 5.40. The summed E-state index contributed by atoms with van der Waals surface area (Å²) in [4.78, 5) is 24.0. The van der Waals surface area contributed by atoms with E-state index >= 15 is 0 Å². The molecule has 1 aromatic carbocycles. The highest BCUT2D eigenvalue weighted by molar-refractivity contribution is 6.13. The average molecular weight is 280 g/mol. The maximum atomic E-state index is 13.5. The third kappa shape index (κ3) is 2.68. The number of amides is 2. The maximum Gasteiger partial charge on any atom is 0.240 e. The quantitative estimate of drug-likeness (QED) is 0.640. The van der Waals surface area contributed by atoms with Gasteiger partial charge in [0.1, 0.15) is 17.0 Å². The molecule has 0 unspecified atom stereocenters. The van der Waals surface area contributed by atoms with Gasteiger partial charge in [-0.25, -0.2) is 8.78 Å². The molecule has 1 fully saturated rings. The highest BCUT2D eigenvalue weighted by Gasteiger charge is 2.56. The van der Waals surface area contributed by atoms with Gasteiger partial charge in [-0.1, -0.05) is 6.08 Å². The number of rotatable bonds is 5. The largest absolute Gasteiger partial charge is 0.352 e. The van der Waals surface area contributed by atoms with Gasteiger partial charge in [0.05, 0.1) is 5.69 Å². The van der Waals surface area contributed by atoms with E-state index in [1.165, 1.54) is 6.08 Å². The highest BCUT2D eigenvalue weighted by Crippen LogP contribution is 2.46. The molecule has 2 N–H and O–H groups in total. The number of halogens is 2. The first-order valence-electron chi connectivity index (χ1n) is 6.15. The summed E-state index contributed by atoms with van der Waals surface area (Å²) in [5.74, 6) is -2.59. The Morgan fingerprint density at radius 1 is 1.30 bits per heavy atom. The first-order valence-corrected chi connectivity index (χ1v) is 6.15. The lowest BCUT2D eigenvalue weighted by Gasteiger charge is -2.15. The van der Waals surface area contributed by atoms with Gasteiger partial charge < -0.3 is 10.6 Å². The fourth-order valence-electron chi connectivity index (χ4n) is 1.85. The standard InChI is InChI=1S/C14H14F2N2O2/c1-2-7-17-12(19)14(5-6-14)13(20)18-11-4-3-9(15)8-10(11)16/h2-4,8H,1,5-7H2,(H,17,19)(H,18,20). The number of carbonyl (C=O) groups is 2. The van der Waals surface area contributed by atoms with Gasteiger partial charge in [0.25, 0.3) is 0 Å². The first-order chi connectivity index (χ1) is 9.49. The Bertz CT molecular complexity index is 568. The zero-order valence-electron chi connectivity index (χ0n) is 10.7. The molecule has 0 spiro atoms. The second-order valence-electron chi connectivity index (χ2n) is 4.66. The van der Waals surface area contributed by atoms with E-state index in [1.54, 1.807) is 0 Å². The van der Waals surface area contributed by atoms with Gasteiger partial charge in [-0.2, -0.15) is 0 Å². The normalized spacial score (nSPS) is 15.3. The van der Waals surface area contributed by atoms with Crippen LogP contribution in [-0.4, -0.2) is 18.4 Å². The molecule has 4 nitrogen and oxygen atoms in total. The molecule has 0 saturated heterocycles. The van der Waals surface area contributed by atoms with E-state index in [0.29, 0.717) is 18.9 Å². The number of hydrogen-bond donors (Lipinski definition) is 2. The van der Waals surface area contributed by atoms with Gasteiger partial charge in [0.15, 0.2) is 0 Å². The van der Waals surface area contributed by atoms with Crippen molar-refractivity contribution in [3.63, 3.8) is 0 Å². The molecule has 1 aromatic rings. The summed E-state index contributed by atoms with van der Waals surface area (Å²) in [5, 5.41) is 4.88. The van der Waals surface area contributed by atoms with Crippen LogP contribution in [-0.2, 0) is 9.59 Å². The van der Waals surface area contributed by atoms with Crippen LogP contribution in [0.5, 0.6) is 0 Å². The lowest BCUT2D eigenvalue weighted by Crippen LogP contribution is -2.40.